The standard InChI is InChI=1S/C22H19BrF3NO4S/c1-13-10-14(2)20(15(3)11-13)32(29,30)27(12-16-4-6-17(23)7-5-16)21(28)18-8-9-19(31-18)22(24,25)26/h4-11H,12H2,1-3H3. The summed E-state index contributed by atoms with van der Waals surface area (Å²) in [5.41, 5.74) is 2.15. The van der Waals surface area contributed by atoms with Crippen molar-refractivity contribution in [2.24, 2.45) is 0 Å². The second-order valence-corrected chi connectivity index (χ2v) is 10.0. The molecule has 1 amide bonds. The fourth-order valence-corrected chi connectivity index (χ4v) is 5.48. The number of nitrogens with zero attached hydrogens (tertiary/aromatic N) is 1. The van der Waals surface area contributed by atoms with Crippen molar-refractivity contribution in [2.45, 2.75) is 38.4 Å². The van der Waals surface area contributed by atoms with Crippen molar-refractivity contribution in [3.05, 3.63) is 86.8 Å². The summed E-state index contributed by atoms with van der Waals surface area (Å²) in [5.74, 6) is -3.30. The maximum Gasteiger partial charge on any atom is 0.449 e. The monoisotopic (exact) mass is 529 g/mol. The van der Waals surface area contributed by atoms with E-state index in [1.54, 1.807) is 50.2 Å². The highest BCUT2D eigenvalue weighted by Gasteiger charge is 2.38. The number of alkyl halides is 3. The van der Waals surface area contributed by atoms with Crippen molar-refractivity contribution in [1.29, 1.82) is 0 Å². The molecule has 0 fully saturated rings. The van der Waals surface area contributed by atoms with Crippen molar-refractivity contribution < 1.29 is 30.8 Å². The first kappa shape index (κ1) is 24.1. The van der Waals surface area contributed by atoms with E-state index in [4.69, 9.17) is 0 Å². The molecular formula is C22H19BrF3NO4S. The number of halogens is 4. The summed E-state index contributed by atoms with van der Waals surface area (Å²) in [6, 6.07) is 11.3. The lowest BCUT2D eigenvalue weighted by Crippen LogP contribution is -2.37. The van der Waals surface area contributed by atoms with E-state index in [0.29, 0.717) is 27.1 Å². The SMILES string of the molecule is Cc1cc(C)c(S(=O)(=O)N(Cc2ccc(Br)cc2)C(=O)c2ccc(C(F)(F)F)o2)c(C)c1. The largest absolute Gasteiger partial charge is 0.449 e. The molecule has 0 bridgehead atoms. The molecule has 0 aliphatic rings. The molecule has 3 aromatic rings. The first-order valence-corrected chi connectivity index (χ1v) is 11.6. The maximum atomic E-state index is 13.6. The molecule has 3 rings (SSSR count). The number of rotatable bonds is 5. The van der Waals surface area contributed by atoms with Crippen molar-refractivity contribution in [2.75, 3.05) is 0 Å². The summed E-state index contributed by atoms with van der Waals surface area (Å²) in [4.78, 5) is 13.1. The molecule has 10 heteroatoms. The number of sulfonamides is 1. The van der Waals surface area contributed by atoms with Crippen LogP contribution in [0.1, 0.15) is 38.6 Å². The average molecular weight is 530 g/mol. The lowest BCUT2D eigenvalue weighted by molar-refractivity contribution is -0.153. The van der Waals surface area contributed by atoms with Crippen LogP contribution in [0.4, 0.5) is 13.2 Å². The minimum absolute atomic E-state index is 0.0730. The molecule has 0 unspecified atom stereocenters. The van der Waals surface area contributed by atoms with Gasteiger partial charge in [0.1, 0.15) is 0 Å². The Bertz CT molecular complexity index is 1240. The molecule has 1 aromatic heterocycles. The first-order valence-electron chi connectivity index (χ1n) is 9.37. The fourth-order valence-electron chi connectivity index (χ4n) is 3.43. The van der Waals surface area contributed by atoms with Crippen LogP contribution < -0.4 is 0 Å². The number of benzene rings is 2. The Labute approximate surface area is 192 Å². The predicted molar refractivity (Wildman–Crippen MR) is 116 cm³/mol. The molecule has 0 aliphatic carbocycles. The van der Waals surface area contributed by atoms with Crippen LogP contribution in [0.15, 0.2) is 62.3 Å². The Morgan fingerprint density at radius 1 is 1.00 bits per heavy atom. The van der Waals surface area contributed by atoms with Gasteiger partial charge in [0.25, 0.3) is 10.0 Å². The van der Waals surface area contributed by atoms with E-state index in [1.807, 2.05) is 6.92 Å². The summed E-state index contributed by atoms with van der Waals surface area (Å²) in [5, 5.41) is 0. The molecule has 2 aromatic carbocycles. The topological polar surface area (TPSA) is 67.6 Å². The van der Waals surface area contributed by atoms with Gasteiger partial charge in [0, 0.05) is 4.47 Å². The van der Waals surface area contributed by atoms with E-state index < -0.39 is 33.6 Å². The molecule has 0 radical (unpaired) electrons. The second kappa shape index (κ2) is 8.74. The highest BCUT2D eigenvalue weighted by Crippen LogP contribution is 2.32. The maximum absolute atomic E-state index is 13.6. The number of aryl methyl sites for hydroxylation is 3. The highest BCUT2D eigenvalue weighted by atomic mass is 79.9. The van der Waals surface area contributed by atoms with Gasteiger partial charge in [-0.2, -0.15) is 13.2 Å². The van der Waals surface area contributed by atoms with Crippen LogP contribution in [0.25, 0.3) is 0 Å². The van der Waals surface area contributed by atoms with Crippen LogP contribution in [0.2, 0.25) is 0 Å². The van der Waals surface area contributed by atoms with E-state index >= 15 is 0 Å². The van der Waals surface area contributed by atoms with Crippen LogP contribution >= 0.6 is 15.9 Å². The van der Waals surface area contributed by atoms with Gasteiger partial charge in [0.2, 0.25) is 5.76 Å². The lowest BCUT2D eigenvalue weighted by Gasteiger charge is -2.24. The van der Waals surface area contributed by atoms with Gasteiger partial charge in [-0.3, -0.25) is 4.79 Å². The average Bonchev–Trinajstić information content (AvgIpc) is 3.16. The summed E-state index contributed by atoms with van der Waals surface area (Å²) in [6.07, 6.45) is -4.81. The quantitative estimate of drug-likeness (QED) is 0.405. The fraction of sp³-hybridized carbons (Fsp3) is 0.227. The molecule has 32 heavy (non-hydrogen) atoms. The zero-order valence-corrected chi connectivity index (χ0v) is 19.7. The van der Waals surface area contributed by atoms with Crippen LogP contribution in [0.3, 0.4) is 0 Å². The molecule has 1 heterocycles. The van der Waals surface area contributed by atoms with Crippen LogP contribution in [0.5, 0.6) is 0 Å². The Morgan fingerprint density at radius 2 is 1.56 bits per heavy atom. The molecule has 0 atom stereocenters. The molecule has 0 saturated carbocycles. The highest BCUT2D eigenvalue weighted by molar-refractivity contribution is 9.10. The number of furan rings is 1. The van der Waals surface area contributed by atoms with Gasteiger partial charge in [-0.1, -0.05) is 45.8 Å². The lowest BCUT2D eigenvalue weighted by atomic mass is 10.1. The molecule has 0 saturated heterocycles. The summed E-state index contributed by atoms with van der Waals surface area (Å²) in [6.45, 7) is 4.62. The molecule has 170 valence electrons. The third kappa shape index (κ3) is 4.91. The van der Waals surface area contributed by atoms with E-state index in [0.717, 1.165) is 16.1 Å². The molecule has 0 N–H and O–H groups in total. The number of carbonyl (C=O) groups is 1. The Balaban J connectivity index is 2.13. The summed E-state index contributed by atoms with van der Waals surface area (Å²) in [7, 11) is -4.43. The van der Waals surface area contributed by atoms with Gasteiger partial charge in [0.15, 0.2) is 5.76 Å². The van der Waals surface area contributed by atoms with Gasteiger partial charge in [0.05, 0.1) is 11.4 Å². The Kier molecular flexibility index (Phi) is 6.57. The first-order chi connectivity index (χ1) is 14.8. The van der Waals surface area contributed by atoms with Crippen molar-refractivity contribution in [1.82, 2.24) is 4.31 Å². The minimum Gasteiger partial charge on any atom is -0.446 e. The van der Waals surface area contributed by atoms with Gasteiger partial charge in [-0.25, -0.2) is 12.7 Å². The molecule has 0 spiro atoms. The van der Waals surface area contributed by atoms with Gasteiger partial charge < -0.3 is 4.42 Å². The number of hydrogen-bond acceptors (Lipinski definition) is 4. The second-order valence-electron chi connectivity index (χ2n) is 7.33. The molecule has 5 nitrogen and oxygen atoms in total. The van der Waals surface area contributed by atoms with Gasteiger partial charge in [-0.05, 0) is 61.7 Å². The van der Waals surface area contributed by atoms with Crippen molar-refractivity contribution in [3.63, 3.8) is 0 Å². The van der Waals surface area contributed by atoms with E-state index in [2.05, 4.69) is 20.3 Å². The summed E-state index contributed by atoms with van der Waals surface area (Å²) >= 11 is 3.28. The van der Waals surface area contributed by atoms with Gasteiger partial charge >= 0.3 is 12.1 Å². The Hall–Kier alpha value is -2.59. The zero-order chi connectivity index (χ0) is 23.8. The smallest absolute Gasteiger partial charge is 0.446 e. The molecular weight excluding hydrogens is 511 g/mol. The van der Waals surface area contributed by atoms with Crippen LogP contribution in [-0.4, -0.2) is 18.6 Å². The number of carbonyl (C=O) groups excluding carboxylic acids is 1. The van der Waals surface area contributed by atoms with Crippen molar-refractivity contribution in [3.8, 4) is 0 Å². The van der Waals surface area contributed by atoms with Crippen LogP contribution in [0, 0.1) is 20.8 Å². The van der Waals surface area contributed by atoms with Gasteiger partial charge in [-0.15, -0.1) is 0 Å². The van der Waals surface area contributed by atoms with E-state index in [1.165, 1.54) is 0 Å². The van der Waals surface area contributed by atoms with Crippen LogP contribution in [-0.2, 0) is 22.7 Å². The Morgan fingerprint density at radius 3 is 2.06 bits per heavy atom. The zero-order valence-electron chi connectivity index (χ0n) is 17.3. The van der Waals surface area contributed by atoms with E-state index in [9.17, 15) is 26.4 Å². The third-order valence-electron chi connectivity index (χ3n) is 4.71. The van der Waals surface area contributed by atoms with Crippen molar-refractivity contribution >= 4 is 31.9 Å². The minimum atomic E-state index is -4.81. The molecule has 0 aliphatic heterocycles. The number of hydrogen-bond donors (Lipinski definition) is 0. The predicted octanol–water partition coefficient (Wildman–Crippen LogP) is 6.02. The van der Waals surface area contributed by atoms with E-state index in [-0.39, 0.29) is 11.4 Å². The third-order valence-corrected chi connectivity index (χ3v) is 7.28. The summed E-state index contributed by atoms with van der Waals surface area (Å²) < 4.78 is 72.0. The normalized spacial score (nSPS) is 12.1. The number of amides is 1.